The van der Waals surface area contributed by atoms with Crippen LogP contribution in [0.15, 0.2) is 35.8 Å². The summed E-state index contributed by atoms with van der Waals surface area (Å²) in [6.45, 7) is 13.2. The van der Waals surface area contributed by atoms with Crippen molar-refractivity contribution in [2.45, 2.75) is 107 Å². The van der Waals surface area contributed by atoms with E-state index in [0.717, 1.165) is 87.6 Å². The van der Waals surface area contributed by atoms with Crippen molar-refractivity contribution in [2.75, 3.05) is 58.0 Å². The summed E-state index contributed by atoms with van der Waals surface area (Å²) in [6, 6.07) is 8.89. The third kappa shape index (κ3) is 8.15. The van der Waals surface area contributed by atoms with Gasteiger partial charge in [-0.1, -0.05) is 19.9 Å². The Morgan fingerprint density at radius 2 is 1.94 bits per heavy atom. The average molecular weight is 922 g/mol. The highest BCUT2D eigenvalue weighted by Crippen LogP contribution is 2.52. The molecule has 6 atom stereocenters. The number of pyridine rings is 1. The molecule has 4 aromatic rings. The monoisotopic (exact) mass is 921 g/mol. The van der Waals surface area contributed by atoms with Crippen LogP contribution in [0, 0.1) is 17.3 Å². The summed E-state index contributed by atoms with van der Waals surface area (Å²) in [5.41, 5.74) is 10.2. The van der Waals surface area contributed by atoms with Gasteiger partial charge in [0.05, 0.1) is 77.3 Å². The van der Waals surface area contributed by atoms with E-state index in [4.69, 9.17) is 19.4 Å². The standard InChI is InChI=1S/C47H58FN8O5SSi2/c1-6-55-37-12-9-27-18-32(37)34(39(55)33-20-30(24-49-40(33)46(4,63)60-5)54-16-14-53(15-17-54)29-10-11-29)21-45(2,3)26-61-42(58)35-8-7-13-56(52-35)44(59)47(22-38-50-36(27)25-62-38)43(64-47)51-41(57)31-19-28(31)23-48/h9,12,18,20,24-25,28-29,31,35,43,52H,6-8,10-11,13-17,19,21-23,26H2,1-5H3,(H,51,57)/t28-,31+,35+,43?,46-,47+/m1/s1. The molecule has 5 fully saturated rings. The number of thiazole rings is 1. The number of hydrogen-bond donors (Lipinski definition) is 2. The Balaban J connectivity index is 1.07. The Morgan fingerprint density at radius 3 is 2.66 bits per heavy atom. The largest absolute Gasteiger partial charge is 0.464 e. The normalized spacial score (nSPS) is 28.2. The van der Waals surface area contributed by atoms with E-state index < -0.39 is 40.0 Å². The van der Waals surface area contributed by atoms with Crippen LogP contribution in [0.4, 0.5) is 10.1 Å². The zero-order valence-corrected chi connectivity index (χ0v) is 40.3. The van der Waals surface area contributed by atoms with E-state index in [1.54, 1.807) is 12.1 Å². The summed E-state index contributed by atoms with van der Waals surface area (Å²) >= 11 is 1.52. The number of methoxy groups -OCH3 is 1. The first-order valence-electron chi connectivity index (χ1n) is 23.0. The Hall–Kier alpha value is -4.01. The van der Waals surface area contributed by atoms with Crippen molar-refractivity contribution < 1.29 is 28.2 Å². The lowest BCUT2D eigenvalue weighted by Crippen LogP contribution is -2.57. The lowest BCUT2D eigenvalue weighted by Gasteiger charge is -2.37. The molecular formula is C47H58FN8O5SSi2. The SMILES string of the molecule is CCn1c(-c2cc(N3CCN(C4CC4)CC3)cnc2[C@@](C)([Si])OC)c2c3cc(ccc31)-c1csc(n1)C[C@@]1([Si]C1NC(=O)[C@H]1C[C@@H]1CF)C(=O)N1CCC[C@H](N1)C(=O)OCC(C)(C)C2. The molecule has 10 rings (SSSR count). The number of benzene rings is 1. The number of rotatable bonds is 9. The molecule has 6 bridgehead atoms. The second-order valence-corrected chi connectivity index (χ2v) is 23.4. The molecule has 17 heteroatoms. The van der Waals surface area contributed by atoms with Crippen molar-refractivity contribution in [1.82, 2.24) is 35.2 Å². The Morgan fingerprint density at radius 1 is 1.14 bits per heavy atom. The molecule has 64 heavy (non-hydrogen) atoms. The van der Waals surface area contributed by atoms with Gasteiger partial charge in [-0.2, -0.15) is 0 Å². The van der Waals surface area contributed by atoms with Crippen molar-refractivity contribution in [1.29, 1.82) is 0 Å². The van der Waals surface area contributed by atoms with E-state index in [9.17, 15) is 18.8 Å². The van der Waals surface area contributed by atoms with Gasteiger partial charge in [-0.25, -0.2) is 10.4 Å². The van der Waals surface area contributed by atoms with Crippen LogP contribution < -0.4 is 15.6 Å². The van der Waals surface area contributed by atoms with Gasteiger partial charge in [0, 0.05) is 103 Å². The lowest BCUT2D eigenvalue weighted by molar-refractivity contribution is -0.155. The predicted molar refractivity (Wildman–Crippen MR) is 247 cm³/mol. The van der Waals surface area contributed by atoms with Crippen LogP contribution in [0.25, 0.3) is 33.4 Å². The second-order valence-electron chi connectivity index (χ2n) is 19.7. The van der Waals surface area contributed by atoms with Crippen LogP contribution in [-0.4, -0.2) is 133 Å². The molecule has 1 aromatic carbocycles. The van der Waals surface area contributed by atoms with Gasteiger partial charge in [0.1, 0.15) is 6.04 Å². The third-order valence-electron chi connectivity index (χ3n) is 14.4. The van der Waals surface area contributed by atoms with Crippen LogP contribution in [0.5, 0.6) is 0 Å². The number of alkyl halides is 1. The number of esters is 1. The maximum atomic E-state index is 14.6. The number of nitrogens with zero attached hydrogens (tertiary/aromatic N) is 6. The maximum Gasteiger partial charge on any atom is 0.324 e. The molecule has 1 spiro atoms. The summed E-state index contributed by atoms with van der Waals surface area (Å²) in [5.74, 6) is -1.34. The van der Waals surface area contributed by atoms with E-state index in [-0.39, 0.29) is 39.8 Å². The minimum Gasteiger partial charge on any atom is -0.464 e. The maximum absolute atomic E-state index is 14.6. The number of anilines is 1. The second kappa shape index (κ2) is 16.7. The minimum atomic E-state index is -0.918. The molecule has 5 radical (unpaired) electrons. The number of carbonyl (C=O) groups is 3. The van der Waals surface area contributed by atoms with Gasteiger partial charge in [-0.3, -0.25) is 33.7 Å². The molecule has 3 aromatic heterocycles. The number of nitrogens with one attached hydrogen (secondary N) is 2. The number of carbonyl (C=O) groups excluding carboxylic acids is 3. The van der Waals surface area contributed by atoms with Crippen LogP contribution in [0.1, 0.15) is 76.1 Å². The molecule has 2 saturated carbocycles. The number of amides is 2. The van der Waals surface area contributed by atoms with Crippen LogP contribution in [0.2, 0.25) is 5.04 Å². The molecule has 6 aliphatic rings. The van der Waals surface area contributed by atoms with Gasteiger partial charge in [0.25, 0.3) is 0 Å². The molecule has 3 saturated heterocycles. The van der Waals surface area contributed by atoms with Crippen molar-refractivity contribution in [2.24, 2.45) is 17.3 Å². The number of halogens is 1. The van der Waals surface area contributed by atoms with Gasteiger partial charge in [0.15, 0.2) is 0 Å². The summed E-state index contributed by atoms with van der Waals surface area (Å²) in [5, 5.41) is 6.82. The number of fused-ring (bicyclic) bond motifs is 6. The number of aryl methyl sites for hydroxylation is 1. The van der Waals surface area contributed by atoms with Gasteiger partial charge in [-0.05, 0) is 82.1 Å². The fourth-order valence-electron chi connectivity index (χ4n) is 10.2. The first kappa shape index (κ1) is 43.9. The van der Waals surface area contributed by atoms with Crippen LogP contribution >= 0.6 is 11.3 Å². The van der Waals surface area contributed by atoms with E-state index in [2.05, 4.69) is 85.8 Å². The highest BCUT2D eigenvalue weighted by atomic mass is 32.1. The molecule has 2 N–H and O–H groups in total. The van der Waals surface area contributed by atoms with E-state index in [1.807, 2.05) is 13.1 Å². The molecule has 13 nitrogen and oxygen atoms in total. The van der Waals surface area contributed by atoms with Gasteiger partial charge in [0.2, 0.25) is 11.8 Å². The van der Waals surface area contributed by atoms with Gasteiger partial charge < -0.3 is 24.3 Å². The van der Waals surface area contributed by atoms with Crippen molar-refractivity contribution in [3.8, 4) is 22.5 Å². The smallest absolute Gasteiger partial charge is 0.324 e. The predicted octanol–water partition coefficient (Wildman–Crippen LogP) is 5.21. The fraction of sp³-hybridized carbons (Fsp3) is 0.596. The van der Waals surface area contributed by atoms with Crippen molar-refractivity contribution in [3.63, 3.8) is 0 Å². The van der Waals surface area contributed by atoms with Gasteiger partial charge >= 0.3 is 5.97 Å². The quantitative estimate of drug-likeness (QED) is 0.171. The fourth-order valence-corrected chi connectivity index (χ4v) is 12.9. The average Bonchev–Trinajstić information content (AvgIpc) is 4.26. The molecule has 2 aliphatic carbocycles. The summed E-state index contributed by atoms with van der Waals surface area (Å²) < 4.78 is 28.1. The topological polar surface area (TPSA) is 134 Å². The zero-order valence-electron chi connectivity index (χ0n) is 37.5. The Bertz CT molecular complexity index is 2480. The third-order valence-corrected chi connectivity index (χ3v) is 17.5. The molecule has 7 heterocycles. The molecule has 1 unspecified atom stereocenters. The number of cyclic esters (lactones) is 1. The first-order chi connectivity index (χ1) is 30.7. The number of piperazine rings is 1. The molecule has 337 valence electrons. The number of hydrazine groups is 1. The summed E-state index contributed by atoms with van der Waals surface area (Å²) in [7, 11) is 5.79. The lowest BCUT2D eigenvalue weighted by atomic mass is 9.84. The highest BCUT2D eigenvalue weighted by molar-refractivity contribution is 7.10. The van der Waals surface area contributed by atoms with Gasteiger partial charge in [-0.15, -0.1) is 11.3 Å². The van der Waals surface area contributed by atoms with E-state index in [0.29, 0.717) is 45.2 Å². The summed E-state index contributed by atoms with van der Waals surface area (Å²) in [6.07, 6.45) is 7.21. The van der Waals surface area contributed by atoms with Crippen molar-refractivity contribution in [3.05, 3.63) is 52.1 Å². The number of ether oxygens (including phenoxy) is 2. The number of hydrogen-bond acceptors (Lipinski definition) is 11. The van der Waals surface area contributed by atoms with E-state index in [1.165, 1.54) is 24.2 Å². The first-order valence-corrected chi connectivity index (χ1v) is 25.5. The zero-order chi connectivity index (χ0) is 44.7. The minimum absolute atomic E-state index is 0.122. The Labute approximate surface area is 384 Å². The Kier molecular flexibility index (Phi) is 11.4. The number of aromatic nitrogens is 3. The van der Waals surface area contributed by atoms with E-state index >= 15 is 0 Å². The molecular weight excluding hydrogens is 864 g/mol. The van der Waals surface area contributed by atoms with Crippen LogP contribution in [-0.2, 0) is 48.5 Å². The summed E-state index contributed by atoms with van der Waals surface area (Å²) in [4.78, 5) is 57.2. The molecule has 4 aliphatic heterocycles. The van der Waals surface area contributed by atoms with Crippen molar-refractivity contribution >= 4 is 65.5 Å². The molecule has 2 amide bonds. The highest BCUT2D eigenvalue weighted by Gasteiger charge is 2.64. The van der Waals surface area contributed by atoms with Crippen LogP contribution in [0.3, 0.4) is 0 Å².